The Morgan fingerprint density at radius 1 is 1.40 bits per heavy atom. The minimum Gasteiger partial charge on any atom is -0.313 e. The van der Waals surface area contributed by atoms with E-state index >= 15 is 0 Å². The van der Waals surface area contributed by atoms with Crippen molar-refractivity contribution in [3.8, 4) is 0 Å². The van der Waals surface area contributed by atoms with Crippen molar-refractivity contribution in [3.63, 3.8) is 0 Å². The molecule has 0 aromatic carbocycles. The molecule has 0 aliphatic carbocycles. The molecule has 1 rings (SSSR count). The lowest BCUT2D eigenvalue weighted by Crippen LogP contribution is -2.42. The van der Waals surface area contributed by atoms with E-state index in [9.17, 15) is 0 Å². The second-order valence-electron chi connectivity index (χ2n) is 5.16. The van der Waals surface area contributed by atoms with E-state index in [1.165, 1.54) is 11.3 Å². The summed E-state index contributed by atoms with van der Waals surface area (Å²) in [6.45, 7) is 10.3. The Labute approximate surface area is 97.9 Å². The zero-order valence-corrected chi connectivity index (χ0v) is 11.2. The Morgan fingerprint density at radius 2 is 2.13 bits per heavy atom. The van der Waals surface area contributed by atoms with Crippen molar-refractivity contribution in [3.05, 3.63) is 22.4 Å². The van der Waals surface area contributed by atoms with Gasteiger partial charge in [-0.1, -0.05) is 33.8 Å². The van der Waals surface area contributed by atoms with E-state index in [2.05, 4.69) is 50.5 Å². The Bertz CT molecular complexity index is 259. The number of rotatable bonds is 5. The van der Waals surface area contributed by atoms with Gasteiger partial charge in [0.15, 0.2) is 0 Å². The van der Waals surface area contributed by atoms with Crippen molar-refractivity contribution in [2.24, 2.45) is 5.41 Å². The molecule has 86 valence electrons. The second-order valence-corrected chi connectivity index (χ2v) is 6.19. The number of thiophene rings is 1. The third-order valence-corrected chi connectivity index (χ3v) is 3.57. The first kappa shape index (κ1) is 12.7. The molecule has 0 saturated carbocycles. The molecule has 0 aliphatic rings. The number of hydrogen-bond acceptors (Lipinski definition) is 2. The highest BCUT2D eigenvalue weighted by Crippen LogP contribution is 2.24. The minimum absolute atomic E-state index is 0.332. The summed E-state index contributed by atoms with van der Waals surface area (Å²) in [6, 6.07) is 4.95. The topological polar surface area (TPSA) is 12.0 Å². The van der Waals surface area contributed by atoms with Gasteiger partial charge in [-0.05, 0) is 36.2 Å². The summed E-state index contributed by atoms with van der Waals surface area (Å²) in [6.07, 6.45) is 2.36. The molecule has 1 unspecified atom stereocenters. The molecule has 1 aromatic rings. The molecule has 0 spiro atoms. The van der Waals surface area contributed by atoms with Crippen LogP contribution in [0.5, 0.6) is 0 Å². The van der Waals surface area contributed by atoms with Gasteiger partial charge in [0.25, 0.3) is 0 Å². The van der Waals surface area contributed by atoms with Crippen molar-refractivity contribution in [1.82, 2.24) is 5.32 Å². The normalized spacial score (nSPS) is 14.1. The van der Waals surface area contributed by atoms with Gasteiger partial charge >= 0.3 is 0 Å². The standard InChI is InChI=1S/C13H23NS/c1-5-8-14-12(13(2,3)4)10-11-7-6-9-15-11/h6-7,9,12,14H,5,8,10H2,1-4H3. The van der Waals surface area contributed by atoms with Crippen LogP contribution in [0, 0.1) is 5.41 Å². The van der Waals surface area contributed by atoms with E-state index in [0.29, 0.717) is 11.5 Å². The maximum Gasteiger partial charge on any atom is 0.0164 e. The van der Waals surface area contributed by atoms with E-state index in [0.717, 1.165) is 13.0 Å². The van der Waals surface area contributed by atoms with Crippen LogP contribution in [-0.2, 0) is 6.42 Å². The molecular weight excluding hydrogens is 202 g/mol. The van der Waals surface area contributed by atoms with Gasteiger partial charge in [-0.2, -0.15) is 0 Å². The third kappa shape index (κ3) is 4.35. The number of hydrogen-bond donors (Lipinski definition) is 1. The summed E-state index contributed by atoms with van der Waals surface area (Å²) in [5.41, 5.74) is 0.332. The van der Waals surface area contributed by atoms with Crippen LogP contribution in [0.25, 0.3) is 0 Å². The lowest BCUT2D eigenvalue weighted by atomic mass is 9.84. The van der Waals surface area contributed by atoms with Crippen LogP contribution in [0.15, 0.2) is 17.5 Å². The summed E-state index contributed by atoms with van der Waals surface area (Å²) >= 11 is 1.86. The largest absolute Gasteiger partial charge is 0.313 e. The van der Waals surface area contributed by atoms with Crippen molar-refractivity contribution in [1.29, 1.82) is 0 Å². The van der Waals surface area contributed by atoms with Crippen molar-refractivity contribution >= 4 is 11.3 Å². The third-order valence-electron chi connectivity index (χ3n) is 2.67. The fourth-order valence-electron chi connectivity index (χ4n) is 1.63. The van der Waals surface area contributed by atoms with Gasteiger partial charge in [-0.15, -0.1) is 11.3 Å². The van der Waals surface area contributed by atoms with Gasteiger partial charge in [0.2, 0.25) is 0 Å². The van der Waals surface area contributed by atoms with E-state index in [4.69, 9.17) is 0 Å². The monoisotopic (exact) mass is 225 g/mol. The molecule has 1 heterocycles. The average molecular weight is 225 g/mol. The summed E-state index contributed by atoms with van der Waals surface area (Å²) in [7, 11) is 0. The van der Waals surface area contributed by atoms with Crippen LogP contribution >= 0.6 is 11.3 Å². The van der Waals surface area contributed by atoms with E-state index in [-0.39, 0.29) is 0 Å². The van der Waals surface area contributed by atoms with Gasteiger partial charge in [-0.3, -0.25) is 0 Å². The second kappa shape index (κ2) is 5.66. The maximum atomic E-state index is 3.65. The predicted octanol–water partition coefficient (Wildman–Crippen LogP) is 3.70. The Kier molecular flexibility index (Phi) is 4.81. The molecule has 1 N–H and O–H groups in total. The summed E-state index contributed by atoms with van der Waals surface area (Å²) < 4.78 is 0. The first-order valence-electron chi connectivity index (χ1n) is 5.79. The van der Waals surface area contributed by atoms with Gasteiger partial charge in [0.1, 0.15) is 0 Å². The van der Waals surface area contributed by atoms with Gasteiger partial charge in [0, 0.05) is 10.9 Å². The summed E-state index contributed by atoms with van der Waals surface area (Å²) in [4.78, 5) is 1.48. The van der Waals surface area contributed by atoms with E-state index < -0.39 is 0 Å². The zero-order valence-electron chi connectivity index (χ0n) is 10.3. The smallest absolute Gasteiger partial charge is 0.0164 e. The molecule has 0 saturated heterocycles. The van der Waals surface area contributed by atoms with E-state index in [1.54, 1.807) is 0 Å². The van der Waals surface area contributed by atoms with Crippen LogP contribution in [0.3, 0.4) is 0 Å². The van der Waals surface area contributed by atoms with Gasteiger partial charge in [-0.25, -0.2) is 0 Å². The molecule has 0 bridgehead atoms. The van der Waals surface area contributed by atoms with Crippen molar-refractivity contribution in [2.75, 3.05) is 6.54 Å². The summed E-state index contributed by atoms with van der Waals surface area (Å²) in [5.74, 6) is 0. The Morgan fingerprint density at radius 3 is 2.60 bits per heavy atom. The molecule has 2 heteroatoms. The van der Waals surface area contributed by atoms with Crippen LogP contribution in [-0.4, -0.2) is 12.6 Å². The number of nitrogens with one attached hydrogen (secondary N) is 1. The predicted molar refractivity (Wildman–Crippen MR) is 69.6 cm³/mol. The maximum absolute atomic E-state index is 3.65. The Balaban J connectivity index is 2.57. The van der Waals surface area contributed by atoms with Gasteiger partial charge in [0.05, 0.1) is 0 Å². The fourth-order valence-corrected chi connectivity index (χ4v) is 2.38. The SMILES string of the molecule is CCCNC(Cc1cccs1)C(C)(C)C. The molecule has 15 heavy (non-hydrogen) atoms. The highest BCUT2D eigenvalue weighted by Gasteiger charge is 2.24. The van der Waals surface area contributed by atoms with E-state index in [1.807, 2.05) is 11.3 Å². The molecule has 1 aromatic heterocycles. The lowest BCUT2D eigenvalue weighted by molar-refractivity contribution is 0.268. The first-order valence-corrected chi connectivity index (χ1v) is 6.67. The highest BCUT2D eigenvalue weighted by atomic mass is 32.1. The van der Waals surface area contributed by atoms with Crippen LogP contribution in [0.2, 0.25) is 0 Å². The molecule has 0 amide bonds. The molecule has 1 nitrogen and oxygen atoms in total. The quantitative estimate of drug-likeness (QED) is 0.805. The highest BCUT2D eigenvalue weighted by molar-refractivity contribution is 7.09. The van der Waals surface area contributed by atoms with Crippen LogP contribution < -0.4 is 5.32 Å². The zero-order chi connectivity index (χ0) is 11.3. The molecule has 1 atom stereocenters. The molecule has 0 aliphatic heterocycles. The Hall–Kier alpha value is -0.340. The van der Waals surface area contributed by atoms with Crippen molar-refractivity contribution < 1.29 is 0 Å². The average Bonchev–Trinajstić information content (AvgIpc) is 2.62. The lowest BCUT2D eigenvalue weighted by Gasteiger charge is -2.31. The van der Waals surface area contributed by atoms with Crippen LogP contribution in [0.4, 0.5) is 0 Å². The first-order chi connectivity index (χ1) is 7.04. The molecule has 0 radical (unpaired) electrons. The fraction of sp³-hybridized carbons (Fsp3) is 0.692. The van der Waals surface area contributed by atoms with Crippen LogP contribution in [0.1, 0.15) is 39.0 Å². The van der Waals surface area contributed by atoms with Gasteiger partial charge < -0.3 is 5.32 Å². The van der Waals surface area contributed by atoms with Crippen molar-refractivity contribution in [2.45, 2.75) is 46.6 Å². The minimum atomic E-state index is 0.332. The molecule has 0 fully saturated rings. The molecular formula is C13H23NS. The summed E-state index contributed by atoms with van der Waals surface area (Å²) in [5, 5.41) is 5.82.